The predicted octanol–water partition coefficient (Wildman–Crippen LogP) is 4.01. The average Bonchev–Trinajstić information content (AvgIpc) is 3.52. The number of amides is 3. The molecule has 0 bridgehead atoms. The van der Waals surface area contributed by atoms with Crippen LogP contribution in [0.25, 0.3) is 17.5 Å². The van der Waals surface area contributed by atoms with E-state index < -0.39 is 23.9 Å². The van der Waals surface area contributed by atoms with E-state index in [1.807, 2.05) is 49.3 Å². The number of ether oxygens (including phenoxy) is 1. The SMILES string of the molecule is CN(C)CCOC(=O)Nc1ccc(NC(=O)[C@H](Cc2ccccc2)NC(=O)/C=C/c2cc(Cl)ccc2-c2nnn[nH]2)cc1. The van der Waals surface area contributed by atoms with Crippen LogP contribution in [0.15, 0.2) is 78.9 Å². The number of nitrogens with zero attached hydrogens (tertiary/aromatic N) is 4. The Balaban J connectivity index is 1.42. The number of nitrogens with one attached hydrogen (secondary N) is 4. The largest absolute Gasteiger partial charge is 0.448 e. The van der Waals surface area contributed by atoms with Crippen LogP contribution < -0.4 is 16.0 Å². The molecular formula is C30H31ClN8O4. The number of tetrazole rings is 1. The van der Waals surface area contributed by atoms with Crippen molar-refractivity contribution in [2.45, 2.75) is 12.5 Å². The zero-order valence-corrected chi connectivity index (χ0v) is 24.3. The van der Waals surface area contributed by atoms with E-state index in [1.165, 1.54) is 6.08 Å². The van der Waals surface area contributed by atoms with Gasteiger partial charge in [-0.15, -0.1) is 5.10 Å². The third-order valence-corrected chi connectivity index (χ3v) is 6.35. The Kier molecular flexibility index (Phi) is 10.9. The molecule has 0 saturated heterocycles. The second-order valence-corrected chi connectivity index (χ2v) is 10.1. The molecule has 0 radical (unpaired) electrons. The number of hydrogen-bond acceptors (Lipinski definition) is 8. The molecule has 1 atom stereocenters. The lowest BCUT2D eigenvalue weighted by Crippen LogP contribution is -2.44. The summed E-state index contributed by atoms with van der Waals surface area (Å²) in [7, 11) is 3.77. The van der Waals surface area contributed by atoms with Crippen molar-refractivity contribution >= 4 is 47.0 Å². The first-order chi connectivity index (χ1) is 20.8. The molecule has 4 rings (SSSR count). The summed E-state index contributed by atoms with van der Waals surface area (Å²) in [6.45, 7) is 0.868. The minimum Gasteiger partial charge on any atom is -0.448 e. The minimum atomic E-state index is -0.888. The molecule has 1 heterocycles. The van der Waals surface area contributed by atoms with E-state index in [4.69, 9.17) is 16.3 Å². The van der Waals surface area contributed by atoms with Crippen LogP contribution in [0.4, 0.5) is 16.2 Å². The first-order valence-corrected chi connectivity index (χ1v) is 13.7. The van der Waals surface area contributed by atoms with Gasteiger partial charge >= 0.3 is 6.09 Å². The number of H-pyrrole nitrogens is 1. The highest BCUT2D eigenvalue weighted by Crippen LogP contribution is 2.24. The van der Waals surface area contributed by atoms with Gasteiger partial charge in [0.25, 0.3) is 0 Å². The monoisotopic (exact) mass is 602 g/mol. The molecule has 4 aromatic rings. The highest BCUT2D eigenvalue weighted by Gasteiger charge is 2.21. The highest BCUT2D eigenvalue weighted by atomic mass is 35.5. The number of aromatic nitrogens is 4. The van der Waals surface area contributed by atoms with Crippen molar-refractivity contribution in [1.82, 2.24) is 30.8 Å². The molecule has 3 amide bonds. The topological polar surface area (TPSA) is 154 Å². The Labute approximate surface area is 253 Å². The summed E-state index contributed by atoms with van der Waals surface area (Å²) in [5, 5.41) is 22.6. The molecule has 0 spiro atoms. The van der Waals surface area contributed by atoms with Gasteiger partial charge in [0, 0.05) is 41.0 Å². The molecule has 4 N–H and O–H groups in total. The Bertz CT molecular complexity index is 1540. The zero-order valence-electron chi connectivity index (χ0n) is 23.6. The number of hydrogen-bond donors (Lipinski definition) is 4. The van der Waals surface area contributed by atoms with Crippen LogP contribution in [0.3, 0.4) is 0 Å². The fourth-order valence-corrected chi connectivity index (χ4v) is 4.13. The van der Waals surface area contributed by atoms with Crippen LogP contribution in [0.2, 0.25) is 5.02 Å². The fourth-order valence-electron chi connectivity index (χ4n) is 3.95. The second-order valence-electron chi connectivity index (χ2n) is 9.70. The Hall–Kier alpha value is -5.07. The summed E-state index contributed by atoms with van der Waals surface area (Å²) in [5.74, 6) is -0.476. The van der Waals surface area contributed by atoms with Crippen LogP contribution in [-0.4, -0.2) is 76.7 Å². The van der Waals surface area contributed by atoms with Gasteiger partial charge in [-0.25, -0.2) is 9.89 Å². The summed E-state index contributed by atoms with van der Waals surface area (Å²) >= 11 is 6.17. The lowest BCUT2D eigenvalue weighted by molar-refractivity contribution is -0.123. The van der Waals surface area contributed by atoms with Crippen molar-refractivity contribution in [3.05, 3.63) is 95.0 Å². The quantitative estimate of drug-likeness (QED) is 0.177. The summed E-state index contributed by atoms with van der Waals surface area (Å²) in [4.78, 5) is 40.2. The number of rotatable bonds is 12. The number of benzene rings is 3. The van der Waals surface area contributed by atoms with E-state index in [1.54, 1.807) is 48.5 Å². The summed E-state index contributed by atoms with van der Waals surface area (Å²) in [5.41, 5.74) is 3.13. The van der Waals surface area contributed by atoms with Gasteiger partial charge in [0.15, 0.2) is 5.82 Å². The summed E-state index contributed by atoms with van der Waals surface area (Å²) in [6.07, 6.45) is 2.59. The van der Waals surface area contributed by atoms with Crippen LogP contribution >= 0.6 is 11.6 Å². The van der Waals surface area contributed by atoms with Crippen molar-refractivity contribution in [2.24, 2.45) is 0 Å². The van der Waals surface area contributed by atoms with Gasteiger partial charge < -0.3 is 20.3 Å². The molecular weight excluding hydrogens is 572 g/mol. The molecule has 0 aliphatic heterocycles. The van der Waals surface area contributed by atoms with Crippen LogP contribution in [-0.2, 0) is 20.7 Å². The molecule has 0 unspecified atom stereocenters. The molecule has 12 nitrogen and oxygen atoms in total. The molecule has 0 fully saturated rings. The van der Waals surface area contributed by atoms with Gasteiger partial charge in [-0.05, 0) is 84.2 Å². The van der Waals surface area contributed by atoms with E-state index >= 15 is 0 Å². The molecule has 222 valence electrons. The Morgan fingerprint density at radius 3 is 2.40 bits per heavy atom. The molecule has 13 heteroatoms. The van der Waals surface area contributed by atoms with Crippen molar-refractivity contribution in [2.75, 3.05) is 37.9 Å². The molecule has 3 aromatic carbocycles. The number of anilines is 2. The molecule has 1 aromatic heterocycles. The third-order valence-electron chi connectivity index (χ3n) is 6.11. The molecule has 0 aliphatic rings. The van der Waals surface area contributed by atoms with E-state index in [2.05, 4.69) is 36.6 Å². The number of carbonyl (C=O) groups is 3. The van der Waals surface area contributed by atoms with Crippen molar-refractivity contribution in [1.29, 1.82) is 0 Å². The van der Waals surface area contributed by atoms with Gasteiger partial charge in [-0.2, -0.15) is 0 Å². The number of carbonyl (C=O) groups excluding carboxylic acids is 3. The normalized spacial score (nSPS) is 11.7. The first-order valence-electron chi connectivity index (χ1n) is 13.3. The summed E-state index contributed by atoms with van der Waals surface area (Å²) in [6, 6.07) is 20.2. The standard InChI is InChI=1S/C30H31ClN8O4/c1-39(2)16-17-43-30(42)33-24-12-10-23(11-13-24)32-29(41)26(18-20-6-4-3-5-7-20)34-27(40)15-8-21-19-22(31)9-14-25(21)28-35-37-38-36-28/h3-15,19,26H,16-18H2,1-2H3,(H,32,41)(H,33,42)(H,34,40)(H,35,36,37,38)/b15-8+/t26-/m0/s1. The first kappa shape index (κ1) is 30.9. The van der Waals surface area contributed by atoms with Crippen LogP contribution in [0.1, 0.15) is 11.1 Å². The molecule has 0 saturated carbocycles. The molecule has 0 aliphatic carbocycles. The maximum absolute atomic E-state index is 13.3. The number of aromatic amines is 1. The Morgan fingerprint density at radius 2 is 1.72 bits per heavy atom. The predicted molar refractivity (Wildman–Crippen MR) is 164 cm³/mol. The lowest BCUT2D eigenvalue weighted by Gasteiger charge is -2.18. The van der Waals surface area contributed by atoms with Gasteiger partial charge in [0.05, 0.1) is 0 Å². The van der Waals surface area contributed by atoms with Gasteiger partial charge in [-0.1, -0.05) is 41.9 Å². The average molecular weight is 603 g/mol. The highest BCUT2D eigenvalue weighted by molar-refractivity contribution is 6.30. The number of halogens is 1. The minimum absolute atomic E-state index is 0.260. The van der Waals surface area contributed by atoms with Crippen molar-refractivity contribution in [3.8, 4) is 11.4 Å². The van der Waals surface area contributed by atoms with Crippen molar-refractivity contribution < 1.29 is 19.1 Å². The van der Waals surface area contributed by atoms with Crippen LogP contribution in [0, 0.1) is 0 Å². The van der Waals surface area contributed by atoms with Gasteiger partial charge in [0.2, 0.25) is 11.8 Å². The maximum Gasteiger partial charge on any atom is 0.411 e. The van der Waals surface area contributed by atoms with Crippen LogP contribution in [0.5, 0.6) is 0 Å². The third kappa shape index (κ3) is 9.76. The summed E-state index contributed by atoms with van der Waals surface area (Å²) < 4.78 is 5.13. The van der Waals surface area contributed by atoms with E-state index in [-0.39, 0.29) is 13.0 Å². The number of likely N-dealkylation sites (N-methyl/N-ethyl adjacent to an activating group) is 1. The zero-order chi connectivity index (χ0) is 30.6. The van der Waals surface area contributed by atoms with Crippen molar-refractivity contribution in [3.63, 3.8) is 0 Å². The van der Waals surface area contributed by atoms with Gasteiger partial charge in [-0.3, -0.25) is 14.9 Å². The second kappa shape index (κ2) is 15.2. The molecule has 43 heavy (non-hydrogen) atoms. The van der Waals surface area contributed by atoms with E-state index in [0.29, 0.717) is 39.9 Å². The maximum atomic E-state index is 13.3. The smallest absolute Gasteiger partial charge is 0.411 e. The van der Waals surface area contributed by atoms with Gasteiger partial charge in [0.1, 0.15) is 12.6 Å². The van der Waals surface area contributed by atoms with E-state index in [0.717, 1.165) is 5.56 Å². The Morgan fingerprint density at radius 1 is 1.00 bits per heavy atom. The van der Waals surface area contributed by atoms with E-state index in [9.17, 15) is 14.4 Å². The lowest BCUT2D eigenvalue weighted by atomic mass is 10.0. The fraction of sp³-hybridized carbons (Fsp3) is 0.200.